The van der Waals surface area contributed by atoms with Crippen LogP contribution in [-0.2, 0) is 6.18 Å². The molecule has 4 heterocycles. The lowest BCUT2D eigenvalue weighted by molar-refractivity contribution is -0.141. The van der Waals surface area contributed by atoms with Crippen LogP contribution >= 0.6 is 22.7 Å². The van der Waals surface area contributed by atoms with E-state index in [1.807, 2.05) is 0 Å². The van der Waals surface area contributed by atoms with Crippen molar-refractivity contribution in [2.24, 2.45) is 0 Å². The largest absolute Gasteiger partial charge is 0.433 e. The molecular weight excluding hydrogens is 385 g/mol. The zero-order chi connectivity index (χ0) is 18.6. The van der Waals surface area contributed by atoms with Gasteiger partial charge >= 0.3 is 6.18 Å². The predicted octanol–water partition coefficient (Wildman–Crippen LogP) is 4.67. The highest BCUT2D eigenvalue weighted by atomic mass is 32.1. The molecule has 0 aliphatic carbocycles. The number of anilines is 1. The van der Waals surface area contributed by atoms with Crippen molar-refractivity contribution in [1.29, 1.82) is 0 Å². The molecule has 0 aliphatic heterocycles. The summed E-state index contributed by atoms with van der Waals surface area (Å²) in [4.78, 5) is 23.6. The average Bonchev–Trinajstić information content (AvgIpc) is 3.14. The molecule has 0 radical (unpaired) electrons. The minimum atomic E-state index is -4.53. The Morgan fingerprint density at radius 3 is 2.77 bits per heavy atom. The molecule has 0 saturated carbocycles. The topological polar surface area (TPSA) is 70.7 Å². The lowest BCUT2D eigenvalue weighted by atomic mass is 10.1. The second-order valence-corrected chi connectivity index (χ2v) is 7.63. The van der Waals surface area contributed by atoms with E-state index < -0.39 is 11.9 Å². The minimum Gasteiger partial charge on any atom is -0.358 e. The summed E-state index contributed by atoms with van der Waals surface area (Å²) in [5.41, 5.74) is 0.0804. The Balaban J connectivity index is 2.06. The van der Waals surface area contributed by atoms with Gasteiger partial charge in [-0.2, -0.15) is 13.2 Å². The van der Waals surface area contributed by atoms with Crippen LogP contribution in [0, 0.1) is 6.92 Å². The molecule has 4 aromatic heterocycles. The van der Waals surface area contributed by atoms with Crippen molar-refractivity contribution in [2.75, 3.05) is 11.9 Å². The maximum atomic E-state index is 13.0. The SMILES string of the molecule is C=CCNc1nc2c(s1)c(=O)[nH]c1c2sc2nc(C(F)(F)F)cc(C)c21. The molecule has 0 spiro atoms. The third-order valence-corrected chi connectivity index (χ3v) is 5.94. The summed E-state index contributed by atoms with van der Waals surface area (Å²) in [6.07, 6.45) is -2.86. The van der Waals surface area contributed by atoms with Gasteiger partial charge in [0.1, 0.15) is 20.7 Å². The first-order chi connectivity index (χ1) is 12.3. The molecule has 0 saturated heterocycles. The maximum absolute atomic E-state index is 13.0. The van der Waals surface area contributed by atoms with E-state index in [0.29, 0.717) is 43.1 Å². The highest BCUT2D eigenvalue weighted by Crippen LogP contribution is 2.40. The van der Waals surface area contributed by atoms with E-state index in [-0.39, 0.29) is 10.4 Å². The quantitative estimate of drug-likeness (QED) is 0.494. The fraction of sp³-hybridized carbons (Fsp3) is 0.188. The number of fused-ring (bicyclic) bond motifs is 5. The van der Waals surface area contributed by atoms with E-state index in [2.05, 4.69) is 26.8 Å². The predicted molar refractivity (Wildman–Crippen MR) is 99.4 cm³/mol. The molecule has 0 bridgehead atoms. The van der Waals surface area contributed by atoms with Gasteiger partial charge in [0.15, 0.2) is 5.13 Å². The number of thiazole rings is 1. The summed E-state index contributed by atoms with van der Waals surface area (Å²) in [6, 6.07) is 0.995. The Bertz CT molecular complexity index is 1240. The Morgan fingerprint density at radius 2 is 2.08 bits per heavy atom. The third kappa shape index (κ3) is 2.56. The van der Waals surface area contributed by atoms with Gasteiger partial charge in [0.2, 0.25) is 0 Å². The summed E-state index contributed by atoms with van der Waals surface area (Å²) in [5, 5.41) is 4.10. The lowest BCUT2D eigenvalue weighted by Crippen LogP contribution is -2.08. The van der Waals surface area contributed by atoms with Gasteiger partial charge in [-0.3, -0.25) is 4.79 Å². The molecule has 10 heteroatoms. The first kappa shape index (κ1) is 17.0. The average molecular weight is 396 g/mol. The van der Waals surface area contributed by atoms with Gasteiger partial charge in [0.05, 0.1) is 10.2 Å². The molecule has 0 fully saturated rings. The van der Waals surface area contributed by atoms with Crippen molar-refractivity contribution in [1.82, 2.24) is 15.0 Å². The lowest BCUT2D eigenvalue weighted by Gasteiger charge is -2.06. The molecule has 0 unspecified atom stereocenters. The first-order valence-corrected chi connectivity index (χ1v) is 9.11. The fourth-order valence-electron chi connectivity index (χ4n) is 2.75. The minimum absolute atomic E-state index is 0.226. The molecule has 4 rings (SSSR count). The molecule has 0 aliphatic rings. The second kappa shape index (κ2) is 5.78. The molecule has 4 aromatic rings. The van der Waals surface area contributed by atoms with Gasteiger partial charge in [-0.1, -0.05) is 17.4 Å². The van der Waals surface area contributed by atoms with Crippen molar-refractivity contribution in [2.45, 2.75) is 13.1 Å². The summed E-state index contributed by atoms with van der Waals surface area (Å²) < 4.78 is 40.2. The molecule has 0 atom stereocenters. The van der Waals surface area contributed by atoms with Gasteiger partial charge in [-0.15, -0.1) is 17.9 Å². The number of hydrogen-bond acceptors (Lipinski definition) is 6. The van der Waals surface area contributed by atoms with Crippen molar-refractivity contribution in [3.8, 4) is 0 Å². The molecule has 26 heavy (non-hydrogen) atoms. The smallest absolute Gasteiger partial charge is 0.358 e. The Morgan fingerprint density at radius 1 is 1.31 bits per heavy atom. The number of alkyl halides is 3. The number of thiophene rings is 1. The number of pyridine rings is 2. The van der Waals surface area contributed by atoms with Crippen LogP contribution in [0.25, 0.3) is 30.6 Å². The highest BCUT2D eigenvalue weighted by molar-refractivity contribution is 7.27. The highest BCUT2D eigenvalue weighted by Gasteiger charge is 2.33. The summed E-state index contributed by atoms with van der Waals surface area (Å²) in [7, 11) is 0. The Hall–Kier alpha value is -2.46. The van der Waals surface area contributed by atoms with Gasteiger partial charge in [-0.25, -0.2) is 9.97 Å². The van der Waals surface area contributed by atoms with E-state index in [1.54, 1.807) is 13.0 Å². The second-order valence-electron chi connectivity index (χ2n) is 5.63. The van der Waals surface area contributed by atoms with Crippen molar-refractivity contribution < 1.29 is 13.2 Å². The summed E-state index contributed by atoms with van der Waals surface area (Å²) in [6.45, 7) is 5.68. The summed E-state index contributed by atoms with van der Waals surface area (Å²) >= 11 is 2.29. The van der Waals surface area contributed by atoms with Gasteiger partial charge in [-0.05, 0) is 18.6 Å². The molecule has 0 aromatic carbocycles. The maximum Gasteiger partial charge on any atom is 0.433 e. The van der Waals surface area contributed by atoms with Crippen LogP contribution in [0.2, 0.25) is 0 Å². The Labute approximate surface area is 152 Å². The standard InChI is InChI=1S/C16H11F3N4OS2/c1-3-4-20-15-23-10-11-9(22-13(24)12(10)26-15)8-6(2)5-7(16(17,18)19)21-14(8)25-11/h3,5H,1,4H2,2H3,(H,20,23)(H,22,24). The number of nitrogens with one attached hydrogen (secondary N) is 2. The number of H-pyrrole nitrogens is 1. The normalized spacial score (nSPS) is 12.3. The van der Waals surface area contributed by atoms with E-state index in [0.717, 1.165) is 17.4 Å². The van der Waals surface area contributed by atoms with Crippen LogP contribution in [0.5, 0.6) is 0 Å². The number of nitrogens with zero attached hydrogens (tertiary/aromatic N) is 2. The van der Waals surface area contributed by atoms with E-state index in [9.17, 15) is 18.0 Å². The monoisotopic (exact) mass is 396 g/mol. The fourth-order valence-corrected chi connectivity index (χ4v) is 4.89. The molecule has 0 amide bonds. The van der Waals surface area contributed by atoms with Crippen LogP contribution in [0.3, 0.4) is 0 Å². The van der Waals surface area contributed by atoms with Gasteiger partial charge < -0.3 is 10.3 Å². The van der Waals surface area contributed by atoms with Crippen LogP contribution < -0.4 is 10.9 Å². The van der Waals surface area contributed by atoms with E-state index >= 15 is 0 Å². The van der Waals surface area contributed by atoms with Crippen LogP contribution in [0.15, 0.2) is 23.5 Å². The van der Waals surface area contributed by atoms with Crippen LogP contribution in [0.4, 0.5) is 18.3 Å². The number of halogens is 3. The number of rotatable bonds is 3. The van der Waals surface area contributed by atoms with Crippen LogP contribution in [0.1, 0.15) is 11.3 Å². The molecule has 5 nitrogen and oxygen atoms in total. The number of aromatic nitrogens is 3. The van der Waals surface area contributed by atoms with E-state index in [1.165, 1.54) is 11.3 Å². The number of hydrogen-bond donors (Lipinski definition) is 2. The summed E-state index contributed by atoms with van der Waals surface area (Å²) in [5.74, 6) is 0. The van der Waals surface area contributed by atoms with E-state index in [4.69, 9.17) is 0 Å². The van der Waals surface area contributed by atoms with Gasteiger partial charge in [0.25, 0.3) is 5.56 Å². The molecule has 134 valence electrons. The van der Waals surface area contributed by atoms with Crippen molar-refractivity contribution in [3.63, 3.8) is 0 Å². The van der Waals surface area contributed by atoms with Crippen molar-refractivity contribution in [3.05, 3.63) is 40.3 Å². The zero-order valence-electron chi connectivity index (χ0n) is 13.3. The zero-order valence-corrected chi connectivity index (χ0v) is 15.0. The first-order valence-electron chi connectivity index (χ1n) is 7.48. The number of aromatic amines is 1. The third-order valence-electron chi connectivity index (χ3n) is 3.83. The van der Waals surface area contributed by atoms with Gasteiger partial charge in [0, 0.05) is 11.9 Å². The molecular formula is C16H11F3N4OS2. The number of aryl methyl sites for hydroxylation is 1. The van der Waals surface area contributed by atoms with Crippen molar-refractivity contribution >= 4 is 58.5 Å². The Kier molecular flexibility index (Phi) is 3.77. The molecule has 2 N–H and O–H groups in total. The van der Waals surface area contributed by atoms with Crippen LogP contribution in [-0.4, -0.2) is 21.5 Å².